The van der Waals surface area contributed by atoms with Gasteiger partial charge >= 0.3 is 0 Å². The summed E-state index contributed by atoms with van der Waals surface area (Å²) in [4.78, 5) is 16.9. The molecule has 0 fully saturated rings. The van der Waals surface area contributed by atoms with Gasteiger partial charge in [0.1, 0.15) is 17.1 Å². The monoisotopic (exact) mass is 359 g/mol. The van der Waals surface area contributed by atoms with Crippen molar-refractivity contribution in [3.05, 3.63) is 58.0 Å². The number of carbonyl (C=O) groups is 1. The van der Waals surface area contributed by atoms with E-state index in [1.165, 1.54) is 0 Å². The normalized spacial score (nSPS) is 10.9. The van der Waals surface area contributed by atoms with E-state index < -0.39 is 0 Å². The lowest BCUT2D eigenvalue weighted by Gasteiger charge is -2.08. The Kier molecular flexibility index (Phi) is 3.62. The van der Waals surface area contributed by atoms with Crippen LogP contribution in [0.3, 0.4) is 0 Å². The third-order valence-corrected chi connectivity index (χ3v) is 3.84. The summed E-state index contributed by atoms with van der Waals surface area (Å²) in [5.74, 6) is -0.275. The van der Waals surface area contributed by atoms with Gasteiger partial charge in [-0.15, -0.1) is 0 Å². The van der Waals surface area contributed by atoms with Gasteiger partial charge < -0.3 is 10.4 Å². The molecule has 0 radical (unpaired) electrons. The first-order valence-electron chi connectivity index (χ1n) is 6.71. The van der Waals surface area contributed by atoms with Gasteiger partial charge in [0, 0.05) is 10.7 Å². The molecule has 0 aliphatic heterocycles. The fourth-order valence-electron chi connectivity index (χ4n) is 2.34. The van der Waals surface area contributed by atoms with E-state index in [9.17, 15) is 9.90 Å². The molecule has 3 aromatic rings. The molecule has 112 valence electrons. The highest BCUT2D eigenvalue weighted by molar-refractivity contribution is 9.10. The van der Waals surface area contributed by atoms with Crippen molar-refractivity contribution < 1.29 is 9.90 Å². The van der Waals surface area contributed by atoms with Gasteiger partial charge in [-0.1, -0.05) is 6.07 Å². The number of aromatic hydroxyl groups is 1. The fraction of sp³-hybridized carbons (Fsp3) is 0.125. The number of phenols is 1. The Labute approximate surface area is 135 Å². The summed E-state index contributed by atoms with van der Waals surface area (Å²) in [6, 6.07) is 8.81. The maximum Gasteiger partial charge on any atom is 0.274 e. The fourth-order valence-corrected chi connectivity index (χ4v) is 2.68. The lowest BCUT2D eigenvalue weighted by atomic mass is 10.2. The van der Waals surface area contributed by atoms with Crippen molar-refractivity contribution in [3.8, 4) is 5.75 Å². The minimum atomic E-state index is -0.317. The molecular weight excluding hydrogens is 346 g/mol. The summed E-state index contributed by atoms with van der Waals surface area (Å²) >= 11 is 3.39. The zero-order valence-corrected chi connectivity index (χ0v) is 13.7. The number of anilines is 1. The molecule has 0 aliphatic carbocycles. The van der Waals surface area contributed by atoms with E-state index >= 15 is 0 Å². The highest BCUT2D eigenvalue weighted by Gasteiger charge is 2.18. The largest absolute Gasteiger partial charge is 0.506 e. The number of imidazole rings is 1. The van der Waals surface area contributed by atoms with Gasteiger partial charge in [0.25, 0.3) is 5.91 Å². The number of pyridine rings is 1. The number of phenolic OH excluding ortho intramolecular Hbond substituents is 1. The van der Waals surface area contributed by atoms with Crippen LogP contribution in [0.2, 0.25) is 0 Å². The topological polar surface area (TPSA) is 66.6 Å². The van der Waals surface area contributed by atoms with Crippen molar-refractivity contribution in [2.24, 2.45) is 0 Å². The van der Waals surface area contributed by atoms with Crippen molar-refractivity contribution in [1.82, 2.24) is 9.38 Å². The number of aryl methyl sites for hydroxylation is 2. The molecule has 0 spiro atoms. The van der Waals surface area contributed by atoms with Crippen molar-refractivity contribution >= 4 is 33.2 Å². The van der Waals surface area contributed by atoms with Gasteiger partial charge in [-0.05, 0) is 59.6 Å². The average Bonchev–Trinajstić information content (AvgIpc) is 2.77. The minimum absolute atomic E-state index is 0.0426. The number of fused-ring (bicyclic) bond motifs is 1. The van der Waals surface area contributed by atoms with Gasteiger partial charge in [-0.25, -0.2) is 4.98 Å². The maximum absolute atomic E-state index is 12.6. The van der Waals surface area contributed by atoms with Crippen molar-refractivity contribution in [2.75, 3.05) is 5.32 Å². The smallest absolute Gasteiger partial charge is 0.274 e. The Morgan fingerprint density at radius 3 is 2.77 bits per heavy atom. The number of nitrogens with one attached hydrogen (secondary N) is 1. The van der Waals surface area contributed by atoms with Crippen LogP contribution >= 0.6 is 15.9 Å². The van der Waals surface area contributed by atoms with E-state index in [2.05, 4.69) is 26.2 Å². The Balaban J connectivity index is 2.02. The molecule has 0 saturated carbocycles. The molecule has 0 aliphatic rings. The summed E-state index contributed by atoms with van der Waals surface area (Å²) in [5, 5.41) is 12.6. The van der Waals surface area contributed by atoms with E-state index in [4.69, 9.17) is 0 Å². The third kappa shape index (κ3) is 2.57. The van der Waals surface area contributed by atoms with E-state index in [1.807, 2.05) is 25.1 Å². The van der Waals surface area contributed by atoms with Crippen LogP contribution in [0.4, 0.5) is 5.69 Å². The Morgan fingerprint density at radius 1 is 1.27 bits per heavy atom. The number of aromatic nitrogens is 2. The molecular formula is C16H14BrN3O2. The molecule has 0 atom stereocenters. The first kappa shape index (κ1) is 14.6. The van der Waals surface area contributed by atoms with Gasteiger partial charge in [0.2, 0.25) is 0 Å². The molecule has 2 aromatic heterocycles. The Bertz CT molecular complexity index is 886. The number of halogens is 1. The highest BCUT2D eigenvalue weighted by atomic mass is 79.9. The van der Waals surface area contributed by atoms with Crippen LogP contribution in [0.25, 0.3) is 5.65 Å². The molecule has 0 saturated heterocycles. The first-order chi connectivity index (χ1) is 10.5. The number of amides is 1. The number of hydrogen-bond donors (Lipinski definition) is 2. The summed E-state index contributed by atoms with van der Waals surface area (Å²) in [6.45, 7) is 3.66. The van der Waals surface area contributed by atoms with E-state index in [1.54, 1.807) is 29.7 Å². The van der Waals surface area contributed by atoms with Crippen LogP contribution in [0.5, 0.6) is 5.75 Å². The van der Waals surface area contributed by atoms with Crippen LogP contribution in [0, 0.1) is 13.8 Å². The van der Waals surface area contributed by atoms with Crippen molar-refractivity contribution in [2.45, 2.75) is 13.8 Å². The molecule has 2 N–H and O–H groups in total. The lowest BCUT2D eigenvalue weighted by Crippen LogP contribution is -2.15. The predicted octanol–water partition coefficient (Wildman–Crippen LogP) is 3.67. The van der Waals surface area contributed by atoms with E-state index in [-0.39, 0.29) is 11.7 Å². The number of hydrogen-bond acceptors (Lipinski definition) is 3. The number of carbonyl (C=O) groups excluding carboxylic acids is 1. The first-order valence-corrected chi connectivity index (χ1v) is 7.50. The summed E-state index contributed by atoms with van der Waals surface area (Å²) < 4.78 is 2.57. The van der Waals surface area contributed by atoms with Gasteiger partial charge in [0.15, 0.2) is 0 Å². The minimum Gasteiger partial charge on any atom is -0.506 e. The molecule has 2 heterocycles. The van der Waals surface area contributed by atoms with Crippen molar-refractivity contribution in [3.63, 3.8) is 0 Å². The lowest BCUT2D eigenvalue weighted by molar-refractivity contribution is 0.102. The number of rotatable bonds is 2. The molecule has 1 amide bonds. The summed E-state index contributed by atoms with van der Waals surface area (Å²) in [7, 11) is 0. The second-order valence-electron chi connectivity index (χ2n) is 5.10. The van der Waals surface area contributed by atoms with Crippen LogP contribution < -0.4 is 5.32 Å². The summed E-state index contributed by atoms with van der Waals surface area (Å²) in [6.07, 6.45) is 1.79. The Morgan fingerprint density at radius 2 is 2.05 bits per heavy atom. The molecule has 1 aromatic carbocycles. The van der Waals surface area contributed by atoms with Crippen LogP contribution in [0.15, 0.2) is 41.0 Å². The molecule has 6 heteroatoms. The maximum atomic E-state index is 12.6. The Hall–Kier alpha value is -2.34. The SMILES string of the molecule is Cc1ccc(NC(=O)c2c(C)nc3ccc(Br)cn23)c(O)c1. The van der Waals surface area contributed by atoms with Crippen LogP contribution in [-0.2, 0) is 0 Å². The predicted molar refractivity (Wildman–Crippen MR) is 88.4 cm³/mol. The van der Waals surface area contributed by atoms with Crippen LogP contribution in [-0.4, -0.2) is 20.4 Å². The van der Waals surface area contributed by atoms with Gasteiger partial charge in [-0.2, -0.15) is 0 Å². The third-order valence-electron chi connectivity index (χ3n) is 3.37. The standard InChI is InChI=1S/C16H14BrN3O2/c1-9-3-5-12(13(21)7-9)19-16(22)15-10(2)18-14-6-4-11(17)8-20(14)15/h3-8,21H,1-2H3,(H,19,22). The van der Waals surface area contributed by atoms with E-state index in [0.29, 0.717) is 22.7 Å². The van der Waals surface area contributed by atoms with E-state index in [0.717, 1.165) is 10.0 Å². The molecule has 0 unspecified atom stereocenters. The zero-order valence-electron chi connectivity index (χ0n) is 12.1. The highest BCUT2D eigenvalue weighted by Crippen LogP contribution is 2.25. The van der Waals surface area contributed by atoms with Crippen LogP contribution in [0.1, 0.15) is 21.7 Å². The second-order valence-corrected chi connectivity index (χ2v) is 6.01. The summed E-state index contributed by atoms with van der Waals surface area (Å²) in [5.41, 5.74) is 3.06. The molecule has 22 heavy (non-hydrogen) atoms. The second kappa shape index (κ2) is 5.46. The zero-order chi connectivity index (χ0) is 15.9. The quantitative estimate of drug-likeness (QED) is 0.686. The average molecular weight is 360 g/mol. The molecule has 5 nitrogen and oxygen atoms in total. The van der Waals surface area contributed by atoms with Gasteiger partial charge in [0.05, 0.1) is 11.4 Å². The number of benzene rings is 1. The van der Waals surface area contributed by atoms with Crippen molar-refractivity contribution in [1.29, 1.82) is 0 Å². The molecule has 0 bridgehead atoms. The van der Waals surface area contributed by atoms with Gasteiger partial charge in [-0.3, -0.25) is 9.20 Å². The molecule has 3 rings (SSSR count). The number of nitrogens with zero attached hydrogens (tertiary/aromatic N) is 2.